The van der Waals surface area contributed by atoms with E-state index in [0.717, 1.165) is 25.8 Å². The van der Waals surface area contributed by atoms with Gasteiger partial charge < -0.3 is 4.90 Å². The smallest absolute Gasteiger partial charge is 0.276 e. The number of nitro groups is 1. The van der Waals surface area contributed by atoms with Crippen molar-refractivity contribution >= 4 is 17.7 Å². The number of amides is 1. The van der Waals surface area contributed by atoms with Gasteiger partial charge in [0.2, 0.25) is 5.91 Å². The van der Waals surface area contributed by atoms with Crippen LogP contribution in [0.2, 0.25) is 0 Å². The highest BCUT2D eigenvalue weighted by atomic mass is 16.6. The average Bonchev–Trinajstić information content (AvgIpc) is 2.45. The van der Waals surface area contributed by atoms with Gasteiger partial charge in [0.15, 0.2) is 0 Å². The first kappa shape index (κ1) is 14.2. The molecule has 1 aromatic carbocycles. The number of nitro benzene ring substituents is 1. The summed E-state index contributed by atoms with van der Waals surface area (Å²) in [7, 11) is 0. The fourth-order valence-electron chi connectivity index (χ4n) is 2.48. The van der Waals surface area contributed by atoms with E-state index in [1.54, 1.807) is 18.2 Å². The van der Waals surface area contributed by atoms with E-state index >= 15 is 0 Å². The van der Waals surface area contributed by atoms with E-state index in [1.165, 1.54) is 18.2 Å². The molecule has 0 radical (unpaired) electrons. The summed E-state index contributed by atoms with van der Waals surface area (Å²) in [5, 5.41) is 10.9. The van der Waals surface area contributed by atoms with Crippen LogP contribution in [0.1, 0.15) is 31.7 Å². The lowest BCUT2D eigenvalue weighted by Gasteiger charge is -2.32. The lowest BCUT2D eigenvalue weighted by Crippen LogP contribution is -2.41. The van der Waals surface area contributed by atoms with Gasteiger partial charge in [-0.05, 0) is 38.3 Å². The summed E-state index contributed by atoms with van der Waals surface area (Å²) in [6, 6.07) is 6.66. The third kappa shape index (κ3) is 3.23. The van der Waals surface area contributed by atoms with E-state index in [1.807, 2.05) is 11.8 Å². The number of piperidine rings is 1. The van der Waals surface area contributed by atoms with E-state index in [9.17, 15) is 14.9 Å². The predicted octanol–water partition coefficient (Wildman–Crippen LogP) is 3.01. The highest BCUT2D eigenvalue weighted by molar-refractivity contribution is 5.92. The highest BCUT2D eigenvalue weighted by Crippen LogP contribution is 2.20. The summed E-state index contributed by atoms with van der Waals surface area (Å²) >= 11 is 0. The van der Waals surface area contributed by atoms with Crippen LogP contribution in [-0.4, -0.2) is 28.3 Å². The maximum atomic E-state index is 12.1. The third-order valence-electron chi connectivity index (χ3n) is 3.62. The van der Waals surface area contributed by atoms with Crippen molar-refractivity contribution in [1.82, 2.24) is 4.90 Å². The molecule has 0 saturated carbocycles. The zero-order valence-electron chi connectivity index (χ0n) is 11.5. The molecule has 1 aliphatic rings. The van der Waals surface area contributed by atoms with Gasteiger partial charge in [-0.1, -0.05) is 12.1 Å². The summed E-state index contributed by atoms with van der Waals surface area (Å²) in [5.74, 6) is -0.0737. The number of rotatable bonds is 3. The van der Waals surface area contributed by atoms with Gasteiger partial charge in [0.1, 0.15) is 0 Å². The highest BCUT2D eigenvalue weighted by Gasteiger charge is 2.21. The second-order valence-corrected chi connectivity index (χ2v) is 5.03. The van der Waals surface area contributed by atoms with Crippen molar-refractivity contribution in [3.8, 4) is 0 Å². The predicted molar refractivity (Wildman–Crippen MR) is 77.2 cm³/mol. The van der Waals surface area contributed by atoms with Crippen molar-refractivity contribution in [3.05, 3.63) is 46.0 Å². The van der Waals surface area contributed by atoms with Gasteiger partial charge in [0, 0.05) is 24.7 Å². The Hall–Kier alpha value is -2.17. The van der Waals surface area contributed by atoms with Gasteiger partial charge in [0.25, 0.3) is 5.69 Å². The molecule has 1 saturated heterocycles. The number of nitrogens with zero attached hydrogens (tertiary/aromatic N) is 2. The molecule has 0 unspecified atom stereocenters. The molecular formula is C15H18N2O3. The van der Waals surface area contributed by atoms with E-state index in [4.69, 9.17) is 0 Å². The molecule has 1 amide bonds. The van der Waals surface area contributed by atoms with Gasteiger partial charge in [-0.3, -0.25) is 14.9 Å². The number of benzene rings is 1. The van der Waals surface area contributed by atoms with Crippen LogP contribution in [0, 0.1) is 10.1 Å². The van der Waals surface area contributed by atoms with Crippen LogP contribution in [-0.2, 0) is 4.79 Å². The number of carbonyl (C=O) groups excluding carboxylic acids is 1. The van der Waals surface area contributed by atoms with Crippen molar-refractivity contribution in [3.63, 3.8) is 0 Å². The largest absolute Gasteiger partial charge is 0.336 e. The average molecular weight is 274 g/mol. The molecule has 1 fully saturated rings. The van der Waals surface area contributed by atoms with Crippen molar-refractivity contribution < 1.29 is 9.72 Å². The van der Waals surface area contributed by atoms with Crippen LogP contribution < -0.4 is 0 Å². The molecule has 106 valence electrons. The van der Waals surface area contributed by atoms with E-state index in [-0.39, 0.29) is 17.6 Å². The van der Waals surface area contributed by atoms with Crippen molar-refractivity contribution in [2.45, 2.75) is 32.2 Å². The van der Waals surface area contributed by atoms with Gasteiger partial charge >= 0.3 is 0 Å². The molecule has 0 spiro atoms. The maximum Gasteiger partial charge on any atom is 0.276 e. The molecule has 0 aliphatic carbocycles. The van der Waals surface area contributed by atoms with Gasteiger partial charge in [0.05, 0.1) is 10.5 Å². The van der Waals surface area contributed by atoms with Crippen molar-refractivity contribution in [1.29, 1.82) is 0 Å². The molecule has 2 rings (SSSR count). The summed E-state index contributed by atoms with van der Waals surface area (Å²) in [6.45, 7) is 2.80. The number of hydrogen-bond acceptors (Lipinski definition) is 3. The zero-order chi connectivity index (χ0) is 14.5. The molecule has 1 aliphatic heterocycles. The first-order chi connectivity index (χ1) is 9.59. The molecule has 0 bridgehead atoms. The summed E-state index contributed by atoms with van der Waals surface area (Å²) in [6.07, 6.45) is 6.16. The number of hydrogen-bond donors (Lipinski definition) is 0. The van der Waals surface area contributed by atoms with Crippen molar-refractivity contribution in [2.75, 3.05) is 6.54 Å². The summed E-state index contributed by atoms with van der Waals surface area (Å²) < 4.78 is 0. The van der Waals surface area contributed by atoms with Gasteiger partial charge in [-0.15, -0.1) is 0 Å². The van der Waals surface area contributed by atoms with Crippen LogP contribution in [0.15, 0.2) is 30.3 Å². The fraction of sp³-hybridized carbons (Fsp3) is 0.400. The molecule has 0 N–H and O–H groups in total. The Morgan fingerprint density at radius 1 is 1.40 bits per heavy atom. The third-order valence-corrected chi connectivity index (χ3v) is 3.62. The van der Waals surface area contributed by atoms with Crippen LogP contribution in [0.4, 0.5) is 5.69 Å². The van der Waals surface area contributed by atoms with Gasteiger partial charge in [-0.25, -0.2) is 0 Å². The van der Waals surface area contributed by atoms with Crippen LogP contribution in [0.5, 0.6) is 0 Å². The summed E-state index contributed by atoms with van der Waals surface area (Å²) in [4.78, 5) is 24.4. The number of para-hydroxylation sites is 1. The summed E-state index contributed by atoms with van der Waals surface area (Å²) in [5.41, 5.74) is 0.471. The lowest BCUT2D eigenvalue weighted by atomic mass is 10.0. The van der Waals surface area contributed by atoms with Gasteiger partial charge in [-0.2, -0.15) is 0 Å². The van der Waals surface area contributed by atoms with Crippen LogP contribution in [0.3, 0.4) is 0 Å². The molecular weight excluding hydrogens is 256 g/mol. The van der Waals surface area contributed by atoms with E-state index in [0.29, 0.717) is 5.56 Å². The molecule has 5 nitrogen and oxygen atoms in total. The zero-order valence-corrected chi connectivity index (χ0v) is 11.5. The Morgan fingerprint density at radius 3 is 2.85 bits per heavy atom. The Labute approximate surface area is 118 Å². The Kier molecular flexibility index (Phi) is 4.50. The first-order valence-electron chi connectivity index (χ1n) is 6.81. The molecule has 1 atom stereocenters. The Balaban J connectivity index is 2.13. The second-order valence-electron chi connectivity index (χ2n) is 5.03. The minimum Gasteiger partial charge on any atom is -0.336 e. The molecule has 1 aromatic rings. The lowest BCUT2D eigenvalue weighted by molar-refractivity contribution is -0.385. The standard InChI is InChI=1S/C15H18N2O3/c1-12-6-4-5-11-16(12)15(18)10-9-13-7-2-3-8-14(13)17(19)20/h2-3,7-10,12H,4-6,11H2,1H3/b10-9+/t12-/m0/s1. The molecule has 20 heavy (non-hydrogen) atoms. The Morgan fingerprint density at radius 2 is 2.15 bits per heavy atom. The molecule has 1 heterocycles. The van der Waals surface area contributed by atoms with E-state index in [2.05, 4.69) is 0 Å². The van der Waals surface area contributed by atoms with E-state index < -0.39 is 4.92 Å². The first-order valence-corrected chi connectivity index (χ1v) is 6.81. The van der Waals surface area contributed by atoms with Crippen molar-refractivity contribution in [2.24, 2.45) is 0 Å². The normalized spacial score (nSPS) is 19.2. The molecule has 5 heteroatoms. The fourth-order valence-corrected chi connectivity index (χ4v) is 2.48. The number of carbonyl (C=O) groups is 1. The quantitative estimate of drug-likeness (QED) is 0.483. The SMILES string of the molecule is C[C@H]1CCCCN1C(=O)/C=C/c1ccccc1[N+](=O)[O-]. The minimum atomic E-state index is -0.437. The minimum absolute atomic E-state index is 0.0169. The Bertz CT molecular complexity index is 540. The number of likely N-dealkylation sites (tertiary alicyclic amines) is 1. The molecule has 0 aromatic heterocycles. The van der Waals surface area contributed by atoms with Crippen LogP contribution >= 0.6 is 0 Å². The maximum absolute atomic E-state index is 12.1. The monoisotopic (exact) mass is 274 g/mol. The second kappa shape index (κ2) is 6.32. The topological polar surface area (TPSA) is 63.5 Å². The van der Waals surface area contributed by atoms with Crippen LogP contribution in [0.25, 0.3) is 6.08 Å².